The molecule has 1 N–H and O–H groups in total. The van der Waals surface area contributed by atoms with Gasteiger partial charge < -0.3 is 5.11 Å². The number of carbonyl (C=O) groups is 1. The summed E-state index contributed by atoms with van der Waals surface area (Å²) in [5, 5.41) is 11.6. The van der Waals surface area contributed by atoms with E-state index in [-0.39, 0.29) is 15.9 Å². The van der Waals surface area contributed by atoms with Gasteiger partial charge in [-0.2, -0.15) is 0 Å². The molecule has 1 aliphatic heterocycles. The molecule has 0 saturated heterocycles. The van der Waals surface area contributed by atoms with Crippen LogP contribution in [-0.2, 0) is 21.4 Å². The van der Waals surface area contributed by atoms with E-state index in [0.29, 0.717) is 22.2 Å². The summed E-state index contributed by atoms with van der Waals surface area (Å²) in [5.41, 5.74) is 3.59. The van der Waals surface area contributed by atoms with Gasteiger partial charge in [-0.1, -0.05) is 83.1 Å². The molecule has 6 heteroatoms. The Hall–Kier alpha value is -1.69. The summed E-state index contributed by atoms with van der Waals surface area (Å²) >= 11 is 8.90. The molecular formula is C25H28ClNO2S2. The second-order valence-corrected chi connectivity index (χ2v) is 12.2. The van der Waals surface area contributed by atoms with Crippen molar-refractivity contribution in [3.63, 3.8) is 0 Å². The third-order valence-corrected chi connectivity index (χ3v) is 7.39. The van der Waals surface area contributed by atoms with Crippen molar-refractivity contribution in [1.29, 1.82) is 0 Å². The van der Waals surface area contributed by atoms with E-state index in [2.05, 4.69) is 46.5 Å². The number of phenols is 1. The molecule has 0 saturated carbocycles. The SMILES string of the molecule is CC(C)(C)c1cc(/C=C2\N=C(SCc3ccccc3Cl)SC2=O)cc(C(C)(C)C)c1O. The first-order valence-electron chi connectivity index (χ1n) is 10.1. The van der Waals surface area contributed by atoms with Crippen molar-refractivity contribution < 1.29 is 9.90 Å². The number of carbonyl (C=O) groups excluding carboxylic acids is 1. The van der Waals surface area contributed by atoms with E-state index in [4.69, 9.17) is 11.6 Å². The van der Waals surface area contributed by atoms with Crippen LogP contribution >= 0.6 is 35.1 Å². The molecule has 0 spiro atoms. The lowest BCUT2D eigenvalue weighted by molar-refractivity contribution is -0.107. The predicted molar refractivity (Wildman–Crippen MR) is 136 cm³/mol. The average molecular weight is 474 g/mol. The predicted octanol–water partition coefficient (Wildman–Crippen LogP) is 7.54. The van der Waals surface area contributed by atoms with Crippen LogP contribution in [0.2, 0.25) is 5.02 Å². The lowest BCUT2D eigenvalue weighted by Crippen LogP contribution is -2.17. The average Bonchev–Trinajstić information content (AvgIpc) is 3.00. The quantitative estimate of drug-likeness (QED) is 0.467. The van der Waals surface area contributed by atoms with Crippen molar-refractivity contribution in [1.82, 2.24) is 0 Å². The standard InChI is InChI=1S/C25H28ClNO2S2/c1-24(2,3)17-11-15(12-18(21(17)28)25(4,5)6)13-20-22(29)31-23(27-20)30-14-16-9-7-8-10-19(16)26/h7-13,28H,14H2,1-6H3/b20-13-. The van der Waals surface area contributed by atoms with Crippen molar-refractivity contribution in [2.24, 2.45) is 4.99 Å². The van der Waals surface area contributed by atoms with Crippen LogP contribution in [0.15, 0.2) is 47.1 Å². The first kappa shape index (κ1) is 24.0. The van der Waals surface area contributed by atoms with E-state index < -0.39 is 0 Å². The Kier molecular flexibility index (Phi) is 6.99. The van der Waals surface area contributed by atoms with Gasteiger partial charge in [0.05, 0.1) is 0 Å². The third kappa shape index (κ3) is 5.76. The monoisotopic (exact) mass is 473 g/mol. The Morgan fingerprint density at radius 1 is 1.06 bits per heavy atom. The number of nitrogens with zero attached hydrogens (tertiary/aromatic N) is 1. The summed E-state index contributed by atoms with van der Waals surface area (Å²) in [6.45, 7) is 12.4. The van der Waals surface area contributed by atoms with Crippen molar-refractivity contribution in [2.45, 2.75) is 58.1 Å². The highest BCUT2D eigenvalue weighted by Crippen LogP contribution is 2.41. The van der Waals surface area contributed by atoms with Crippen molar-refractivity contribution in [3.05, 3.63) is 69.4 Å². The molecule has 31 heavy (non-hydrogen) atoms. The molecule has 1 aliphatic rings. The summed E-state index contributed by atoms with van der Waals surface area (Å²) in [7, 11) is 0. The van der Waals surface area contributed by atoms with Gasteiger partial charge in [0.2, 0.25) is 5.12 Å². The Bertz CT molecular complexity index is 1040. The number of hydrogen-bond acceptors (Lipinski definition) is 5. The van der Waals surface area contributed by atoms with E-state index in [1.54, 1.807) is 0 Å². The van der Waals surface area contributed by atoms with E-state index in [9.17, 15) is 9.90 Å². The molecule has 0 fully saturated rings. The van der Waals surface area contributed by atoms with Crippen molar-refractivity contribution >= 4 is 50.7 Å². The van der Waals surface area contributed by atoms with Gasteiger partial charge in [0.25, 0.3) is 0 Å². The zero-order valence-electron chi connectivity index (χ0n) is 18.7. The molecule has 0 unspecified atom stereocenters. The molecule has 0 radical (unpaired) electrons. The Labute approximate surface area is 198 Å². The number of halogens is 1. The molecule has 3 rings (SSSR count). The molecule has 2 aromatic rings. The maximum absolute atomic E-state index is 12.6. The van der Waals surface area contributed by atoms with Gasteiger partial charge in [-0.25, -0.2) is 4.99 Å². The van der Waals surface area contributed by atoms with Crippen LogP contribution in [0.3, 0.4) is 0 Å². The molecule has 0 aromatic heterocycles. The van der Waals surface area contributed by atoms with Gasteiger partial charge in [0.15, 0.2) is 0 Å². The molecular weight excluding hydrogens is 446 g/mol. The van der Waals surface area contributed by atoms with Gasteiger partial charge >= 0.3 is 0 Å². The maximum Gasteiger partial charge on any atom is 0.244 e. The topological polar surface area (TPSA) is 49.7 Å². The first-order chi connectivity index (χ1) is 14.4. The fraction of sp³-hybridized carbons (Fsp3) is 0.360. The molecule has 0 bridgehead atoms. The highest BCUT2D eigenvalue weighted by Gasteiger charge is 2.27. The fourth-order valence-corrected chi connectivity index (χ4v) is 5.37. The van der Waals surface area contributed by atoms with Gasteiger partial charge in [-0.15, -0.1) is 0 Å². The minimum atomic E-state index is -0.230. The highest BCUT2D eigenvalue weighted by molar-refractivity contribution is 8.45. The van der Waals surface area contributed by atoms with Crippen LogP contribution in [0.5, 0.6) is 5.75 Å². The number of hydrogen-bond donors (Lipinski definition) is 1. The zero-order chi connectivity index (χ0) is 23.0. The normalized spacial score (nSPS) is 16.2. The smallest absolute Gasteiger partial charge is 0.244 e. The summed E-state index contributed by atoms with van der Waals surface area (Å²) in [5.74, 6) is 0.988. The lowest BCUT2D eigenvalue weighted by atomic mass is 9.78. The zero-order valence-corrected chi connectivity index (χ0v) is 21.1. The summed E-state index contributed by atoms with van der Waals surface area (Å²) in [4.78, 5) is 17.2. The van der Waals surface area contributed by atoms with Crippen LogP contribution in [0, 0.1) is 0 Å². The Morgan fingerprint density at radius 2 is 1.65 bits per heavy atom. The first-order valence-corrected chi connectivity index (χ1v) is 12.3. The highest BCUT2D eigenvalue weighted by atomic mass is 35.5. The number of aromatic hydroxyl groups is 1. The molecule has 0 atom stereocenters. The third-order valence-electron chi connectivity index (χ3n) is 4.96. The Morgan fingerprint density at radius 3 is 2.19 bits per heavy atom. The lowest BCUT2D eigenvalue weighted by Gasteiger charge is -2.27. The van der Waals surface area contributed by atoms with E-state index in [0.717, 1.165) is 38.4 Å². The molecule has 1 heterocycles. The number of rotatable bonds is 3. The van der Waals surface area contributed by atoms with Gasteiger partial charge in [0, 0.05) is 21.9 Å². The van der Waals surface area contributed by atoms with Crippen LogP contribution in [0.1, 0.15) is 63.8 Å². The fourth-order valence-electron chi connectivity index (χ4n) is 3.25. The molecule has 0 amide bonds. The van der Waals surface area contributed by atoms with Crippen LogP contribution < -0.4 is 0 Å². The van der Waals surface area contributed by atoms with Gasteiger partial charge in [-0.05, 0) is 58.0 Å². The van der Waals surface area contributed by atoms with Gasteiger partial charge in [-0.3, -0.25) is 4.79 Å². The van der Waals surface area contributed by atoms with Gasteiger partial charge in [0.1, 0.15) is 15.8 Å². The Balaban J connectivity index is 1.93. The molecule has 3 nitrogen and oxygen atoms in total. The van der Waals surface area contributed by atoms with Crippen molar-refractivity contribution in [2.75, 3.05) is 0 Å². The summed E-state index contributed by atoms with van der Waals surface area (Å²) in [6.07, 6.45) is 1.82. The number of aliphatic imine (C=N–C) groups is 1. The molecule has 164 valence electrons. The maximum atomic E-state index is 12.6. The number of thioether (sulfide) groups is 2. The summed E-state index contributed by atoms with van der Waals surface area (Å²) < 4.78 is 0.724. The van der Waals surface area contributed by atoms with Crippen molar-refractivity contribution in [3.8, 4) is 5.75 Å². The van der Waals surface area contributed by atoms with E-state index in [1.807, 2.05) is 42.5 Å². The van der Waals surface area contributed by atoms with E-state index >= 15 is 0 Å². The van der Waals surface area contributed by atoms with Crippen LogP contribution in [0.4, 0.5) is 0 Å². The molecule has 2 aromatic carbocycles. The van der Waals surface area contributed by atoms with Crippen LogP contribution in [0.25, 0.3) is 6.08 Å². The minimum absolute atomic E-state index is 0.0654. The summed E-state index contributed by atoms with van der Waals surface area (Å²) in [6, 6.07) is 11.6. The van der Waals surface area contributed by atoms with E-state index in [1.165, 1.54) is 11.8 Å². The molecule has 0 aliphatic carbocycles. The number of phenolic OH excluding ortho intramolecular Hbond substituents is 1. The second-order valence-electron chi connectivity index (χ2n) is 9.64. The van der Waals surface area contributed by atoms with Crippen LogP contribution in [-0.4, -0.2) is 14.6 Å². The largest absolute Gasteiger partial charge is 0.507 e. The second kappa shape index (κ2) is 9.05. The minimum Gasteiger partial charge on any atom is -0.507 e. The number of benzene rings is 2.